The van der Waals surface area contributed by atoms with Gasteiger partial charge in [-0.2, -0.15) is 0 Å². The van der Waals surface area contributed by atoms with Crippen molar-refractivity contribution in [3.05, 3.63) is 36.0 Å². The van der Waals surface area contributed by atoms with Gasteiger partial charge in [0.1, 0.15) is 5.82 Å². The minimum Gasteiger partial charge on any atom is -0.390 e. The van der Waals surface area contributed by atoms with Crippen molar-refractivity contribution in [3.8, 4) is 12.3 Å². The van der Waals surface area contributed by atoms with Gasteiger partial charge in [-0.25, -0.2) is 4.98 Å². The summed E-state index contributed by atoms with van der Waals surface area (Å²) >= 11 is 0. The maximum atomic E-state index is 9.28. The Morgan fingerprint density at radius 1 is 1.39 bits per heavy atom. The molecule has 0 unspecified atom stereocenters. The number of rotatable bonds is 4. The first-order valence-corrected chi connectivity index (χ1v) is 5.98. The highest BCUT2D eigenvalue weighted by molar-refractivity contribution is 5.92. The number of aromatic nitrogens is 1. The summed E-state index contributed by atoms with van der Waals surface area (Å²) in [5.74, 6) is 3.49. The average Bonchev–Trinajstić information content (AvgIpc) is 2.43. The molecule has 2 rings (SSSR count). The Kier molecular flexibility index (Phi) is 3.81. The standard InChI is InChI=1S/C15H16N2O/c1-3-9-17(4-2)15-14-8-6-5-7-12(14)10-13(11-18)16-15/h1,5-8,10,18H,4,9,11H2,2H3. The number of aliphatic hydroxyl groups excluding tert-OH is 1. The van der Waals surface area contributed by atoms with Crippen LogP contribution in [0.4, 0.5) is 5.82 Å². The van der Waals surface area contributed by atoms with E-state index in [2.05, 4.69) is 10.9 Å². The van der Waals surface area contributed by atoms with Crippen molar-refractivity contribution in [2.24, 2.45) is 0 Å². The number of pyridine rings is 1. The van der Waals surface area contributed by atoms with Crippen molar-refractivity contribution in [3.63, 3.8) is 0 Å². The van der Waals surface area contributed by atoms with E-state index in [-0.39, 0.29) is 6.61 Å². The minimum atomic E-state index is -0.0640. The summed E-state index contributed by atoms with van der Waals surface area (Å²) < 4.78 is 0. The number of hydrogen-bond acceptors (Lipinski definition) is 3. The zero-order valence-electron chi connectivity index (χ0n) is 10.4. The van der Waals surface area contributed by atoms with Gasteiger partial charge in [-0.15, -0.1) is 6.42 Å². The zero-order valence-corrected chi connectivity index (χ0v) is 10.4. The molecule has 0 radical (unpaired) electrons. The number of aliphatic hydroxyl groups is 1. The van der Waals surface area contributed by atoms with E-state index in [0.717, 1.165) is 23.1 Å². The van der Waals surface area contributed by atoms with Crippen LogP contribution in [0.5, 0.6) is 0 Å². The van der Waals surface area contributed by atoms with Crippen molar-refractivity contribution in [1.82, 2.24) is 4.98 Å². The van der Waals surface area contributed by atoms with Crippen molar-refractivity contribution >= 4 is 16.6 Å². The first-order chi connectivity index (χ1) is 8.80. The van der Waals surface area contributed by atoms with Gasteiger partial charge < -0.3 is 10.0 Å². The lowest BCUT2D eigenvalue weighted by Gasteiger charge is -2.21. The Morgan fingerprint density at radius 2 is 2.17 bits per heavy atom. The quantitative estimate of drug-likeness (QED) is 0.832. The fourth-order valence-electron chi connectivity index (χ4n) is 2.00. The van der Waals surface area contributed by atoms with Crippen LogP contribution in [0.1, 0.15) is 12.6 Å². The van der Waals surface area contributed by atoms with Crippen molar-refractivity contribution < 1.29 is 5.11 Å². The number of benzene rings is 1. The number of nitrogens with zero attached hydrogens (tertiary/aromatic N) is 2. The molecule has 18 heavy (non-hydrogen) atoms. The van der Waals surface area contributed by atoms with Crippen LogP contribution in [0.3, 0.4) is 0 Å². The highest BCUT2D eigenvalue weighted by Crippen LogP contribution is 2.25. The molecule has 92 valence electrons. The molecule has 0 aliphatic heterocycles. The van der Waals surface area contributed by atoms with Crippen molar-refractivity contribution in [2.45, 2.75) is 13.5 Å². The molecule has 0 bridgehead atoms. The van der Waals surface area contributed by atoms with Crippen LogP contribution in [-0.2, 0) is 6.61 Å². The molecule has 0 amide bonds. The van der Waals surface area contributed by atoms with Gasteiger partial charge in [-0.05, 0) is 18.4 Å². The summed E-state index contributed by atoms with van der Waals surface area (Å²) in [5, 5.41) is 11.4. The van der Waals surface area contributed by atoms with E-state index in [9.17, 15) is 5.11 Å². The number of anilines is 1. The van der Waals surface area contributed by atoms with Gasteiger partial charge in [0.05, 0.1) is 18.8 Å². The molecule has 0 spiro atoms. The highest BCUT2D eigenvalue weighted by Gasteiger charge is 2.10. The van der Waals surface area contributed by atoms with E-state index >= 15 is 0 Å². The summed E-state index contributed by atoms with van der Waals surface area (Å²) in [5.41, 5.74) is 0.666. The van der Waals surface area contributed by atoms with E-state index in [0.29, 0.717) is 12.2 Å². The normalized spacial score (nSPS) is 10.3. The first kappa shape index (κ1) is 12.4. The van der Waals surface area contributed by atoms with E-state index in [4.69, 9.17) is 6.42 Å². The summed E-state index contributed by atoms with van der Waals surface area (Å²) in [6.45, 7) is 3.28. The highest BCUT2D eigenvalue weighted by atomic mass is 16.3. The fourth-order valence-corrected chi connectivity index (χ4v) is 2.00. The summed E-state index contributed by atoms with van der Waals surface area (Å²) in [7, 11) is 0. The lowest BCUT2D eigenvalue weighted by molar-refractivity contribution is 0.277. The molecule has 0 aliphatic rings. The van der Waals surface area contributed by atoms with Crippen LogP contribution < -0.4 is 4.90 Å². The molecular weight excluding hydrogens is 224 g/mol. The van der Waals surface area contributed by atoms with Gasteiger partial charge in [0.25, 0.3) is 0 Å². The Morgan fingerprint density at radius 3 is 2.83 bits per heavy atom. The third-order valence-electron chi connectivity index (χ3n) is 2.90. The molecule has 1 heterocycles. The van der Waals surface area contributed by atoms with Gasteiger partial charge in [0.15, 0.2) is 0 Å². The van der Waals surface area contributed by atoms with Gasteiger partial charge in [-0.1, -0.05) is 30.2 Å². The maximum Gasteiger partial charge on any atom is 0.137 e. The molecule has 0 fully saturated rings. The Labute approximate surface area is 107 Å². The zero-order chi connectivity index (χ0) is 13.0. The Bertz CT molecular complexity index is 587. The van der Waals surface area contributed by atoms with Gasteiger partial charge >= 0.3 is 0 Å². The Balaban J connectivity index is 2.63. The van der Waals surface area contributed by atoms with Crippen LogP contribution in [-0.4, -0.2) is 23.2 Å². The molecule has 1 aromatic carbocycles. The maximum absolute atomic E-state index is 9.28. The predicted molar refractivity (Wildman–Crippen MR) is 74.4 cm³/mol. The van der Waals surface area contributed by atoms with Crippen LogP contribution in [0.25, 0.3) is 10.8 Å². The van der Waals surface area contributed by atoms with E-state index < -0.39 is 0 Å². The second-order valence-electron chi connectivity index (χ2n) is 4.03. The smallest absolute Gasteiger partial charge is 0.137 e. The van der Waals surface area contributed by atoms with Crippen LogP contribution in [0, 0.1) is 12.3 Å². The topological polar surface area (TPSA) is 36.4 Å². The van der Waals surface area contributed by atoms with Crippen LogP contribution in [0.2, 0.25) is 0 Å². The lowest BCUT2D eigenvalue weighted by Crippen LogP contribution is -2.24. The average molecular weight is 240 g/mol. The van der Waals surface area contributed by atoms with Crippen molar-refractivity contribution in [1.29, 1.82) is 0 Å². The third-order valence-corrected chi connectivity index (χ3v) is 2.90. The van der Waals surface area contributed by atoms with Crippen molar-refractivity contribution in [2.75, 3.05) is 18.0 Å². The molecule has 3 nitrogen and oxygen atoms in total. The molecule has 0 saturated heterocycles. The SMILES string of the molecule is C#CCN(CC)c1nc(CO)cc2ccccc12. The van der Waals surface area contributed by atoms with Crippen LogP contribution >= 0.6 is 0 Å². The molecule has 3 heteroatoms. The number of hydrogen-bond donors (Lipinski definition) is 1. The van der Waals surface area contributed by atoms with E-state index in [1.54, 1.807) is 0 Å². The second-order valence-corrected chi connectivity index (χ2v) is 4.03. The molecule has 1 N–H and O–H groups in total. The first-order valence-electron chi connectivity index (χ1n) is 5.98. The third kappa shape index (κ3) is 2.29. The molecule has 0 atom stereocenters. The summed E-state index contributed by atoms with van der Waals surface area (Å²) in [6.07, 6.45) is 5.39. The van der Waals surface area contributed by atoms with E-state index in [1.807, 2.05) is 42.2 Å². The number of fused-ring (bicyclic) bond motifs is 1. The molecule has 1 aromatic heterocycles. The van der Waals surface area contributed by atoms with Gasteiger partial charge in [-0.3, -0.25) is 0 Å². The largest absolute Gasteiger partial charge is 0.390 e. The Hall–Kier alpha value is -2.05. The molecule has 0 saturated carbocycles. The van der Waals surface area contributed by atoms with E-state index in [1.165, 1.54) is 0 Å². The minimum absolute atomic E-state index is 0.0640. The van der Waals surface area contributed by atoms with Gasteiger partial charge in [0, 0.05) is 11.9 Å². The summed E-state index contributed by atoms with van der Waals surface area (Å²) in [4.78, 5) is 6.52. The molecule has 2 aromatic rings. The number of terminal acetylenes is 1. The molecule has 0 aliphatic carbocycles. The summed E-state index contributed by atoms with van der Waals surface area (Å²) in [6, 6.07) is 9.91. The predicted octanol–water partition coefficient (Wildman–Crippen LogP) is 2.19. The lowest BCUT2D eigenvalue weighted by atomic mass is 10.1. The molecular formula is C15H16N2O. The fraction of sp³-hybridized carbons (Fsp3) is 0.267. The second kappa shape index (κ2) is 5.52. The van der Waals surface area contributed by atoms with Gasteiger partial charge in [0.2, 0.25) is 0 Å². The monoisotopic (exact) mass is 240 g/mol. The van der Waals surface area contributed by atoms with Crippen LogP contribution in [0.15, 0.2) is 30.3 Å².